The molecule has 98 valence electrons. The van der Waals surface area contributed by atoms with Crippen molar-refractivity contribution < 1.29 is 9.53 Å². The van der Waals surface area contributed by atoms with E-state index in [0.29, 0.717) is 5.56 Å². The maximum absolute atomic E-state index is 12.5. The van der Waals surface area contributed by atoms with Gasteiger partial charge in [-0.3, -0.25) is 4.79 Å². The van der Waals surface area contributed by atoms with Gasteiger partial charge in [-0.25, -0.2) is 0 Å². The van der Waals surface area contributed by atoms with Gasteiger partial charge in [-0.2, -0.15) is 0 Å². The van der Waals surface area contributed by atoms with E-state index >= 15 is 0 Å². The lowest BCUT2D eigenvalue weighted by molar-refractivity contribution is 0.104. The van der Waals surface area contributed by atoms with Crippen molar-refractivity contribution >= 4 is 33.0 Å². The molecule has 3 rings (SSSR count). The van der Waals surface area contributed by atoms with E-state index in [1.165, 1.54) is 16.9 Å². The number of methoxy groups -OCH3 is 1. The van der Waals surface area contributed by atoms with Crippen LogP contribution in [0.3, 0.4) is 0 Å². The van der Waals surface area contributed by atoms with Gasteiger partial charge in [-0.05, 0) is 65.0 Å². The lowest BCUT2D eigenvalue weighted by Crippen LogP contribution is -1.99. The molecule has 1 aromatic heterocycles. The first-order valence-corrected chi connectivity index (χ1v) is 7.80. The predicted molar refractivity (Wildman–Crippen MR) is 80.5 cm³/mol. The highest BCUT2D eigenvalue weighted by atomic mass is 79.9. The third kappa shape index (κ3) is 2.35. The number of aryl methyl sites for hydroxylation is 2. The fourth-order valence-electron chi connectivity index (χ4n) is 2.39. The molecule has 19 heavy (non-hydrogen) atoms. The number of hydrogen-bond donors (Lipinski definition) is 0. The van der Waals surface area contributed by atoms with Gasteiger partial charge in [-0.1, -0.05) is 0 Å². The number of thiophene rings is 1. The third-order valence-electron chi connectivity index (χ3n) is 3.38. The number of hydrogen-bond acceptors (Lipinski definition) is 3. The second-order valence-electron chi connectivity index (χ2n) is 4.59. The van der Waals surface area contributed by atoms with Gasteiger partial charge < -0.3 is 4.74 Å². The average molecular weight is 337 g/mol. The normalized spacial score (nSPS) is 13.4. The summed E-state index contributed by atoms with van der Waals surface area (Å²) in [7, 11) is 1.62. The Morgan fingerprint density at radius 1 is 1.32 bits per heavy atom. The van der Waals surface area contributed by atoms with Crippen LogP contribution in [-0.2, 0) is 12.8 Å². The number of ketones is 1. The quantitative estimate of drug-likeness (QED) is 0.783. The molecule has 0 saturated heterocycles. The lowest BCUT2D eigenvalue weighted by atomic mass is 10.1. The maximum atomic E-state index is 12.5. The molecule has 1 aliphatic rings. The van der Waals surface area contributed by atoms with E-state index < -0.39 is 0 Å². The number of carbonyl (C=O) groups is 1. The molecule has 0 unspecified atom stereocenters. The number of rotatable bonds is 3. The highest BCUT2D eigenvalue weighted by Gasteiger charge is 2.19. The van der Waals surface area contributed by atoms with Crippen molar-refractivity contribution in [2.75, 3.05) is 7.11 Å². The molecule has 0 saturated carbocycles. The van der Waals surface area contributed by atoms with E-state index in [1.807, 2.05) is 18.2 Å². The zero-order chi connectivity index (χ0) is 13.4. The Labute approximate surface area is 124 Å². The van der Waals surface area contributed by atoms with Crippen LogP contribution in [0.4, 0.5) is 0 Å². The fourth-order valence-corrected chi connectivity index (χ4v) is 4.15. The molecule has 2 aromatic rings. The smallest absolute Gasteiger partial charge is 0.203 e. The van der Waals surface area contributed by atoms with Crippen molar-refractivity contribution in [3.05, 3.63) is 49.6 Å². The molecule has 0 atom stereocenters. The molecule has 1 aliphatic carbocycles. The summed E-state index contributed by atoms with van der Waals surface area (Å²) in [4.78, 5) is 14.7. The molecule has 0 amide bonds. The zero-order valence-corrected chi connectivity index (χ0v) is 12.9. The van der Waals surface area contributed by atoms with E-state index in [-0.39, 0.29) is 5.78 Å². The molecule has 0 aliphatic heterocycles. The number of fused-ring (bicyclic) bond motifs is 1. The second-order valence-corrected chi connectivity index (χ2v) is 6.58. The largest absolute Gasteiger partial charge is 0.496 e. The average Bonchev–Trinajstić information content (AvgIpc) is 2.98. The summed E-state index contributed by atoms with van der Waals surface area (Å²) in [6.07, 6.45) is 3.47. The number of carbonyl (C=O) groups excluding carboxylic acids is 1. The first-order chi connectivity index (χ1) is 9.19. The van der Waals surface area contributed by atoms with Gasteiger partial charge in [0.25, 0.3) is 0 Å². The van der Waals surface area contributed by atoms with Crippen molar-refractivity contribution in [1.82, 2.24) is 0 Å². The van der Waals surface area contributed by atoms with E-state index in [1.54, 1.807) is 18.4 Å². The summed E-state index contributed by atoms with van der Waals surface area (Å²) >= 11 is 5.06. The third-order valence-corrected chi connectivity index (χ3v) is 5.24. The Bertz CT molecular complexity index is 624. The van der Waals surface area contributed by atoms with Gasteiger partial charge in [0.15, 0.2) is 0 Å². The Morgan fingerprint density at radius 2 is 2.16 bits per heavy atom. The molecule has 0 N–H and O–H groups in total. The first kappa shape index (κ1) is 12.9. The molecule has 0 spiro atoms. The number of halogens is 1. The molecular formula is C15H13BrO2S. The van der Waals surface area contributed by atoms with Gasteiger partial charge in [0, 0.05) is 10.4 Å². The van der Waals surface area contributed by atoms with Crippen molar-refractivity contribution in [2.45, 2.75) is 19.3 Å². The minimum absolute atomic E-state index is 0.0998. The van der Waals surface area contributed by atoms with Crippen LogP contribution in [0.5, 0.6) is 5.75 Å². The molecule has 0 bridgehead atoms. The maximum Gasteiger partial charge on any atom is 0.203 e. The van der Waals surface area contributed by atoms with Gasteiger partial charge >= 0.3 is 0 Å². The zero-order valence-electron chi connectivity index (χ0n) is 10.5. The minimum atomic E-state index is 0.0998. The molecule has 1 aromatic carbocycles. The highest BCUT2D eigenvalue weighted by Crippen LogP contribution is 2.33. The summed E-state index contributed by atoms with van der Waals surface area (Å²) in [6.45, 7) is 0. The Hall–Kier alpha value is -1.13. The van der Waals surface area contributed by atoms with Crippen molar-refractivity contribution in [1.29, 1.82) is 0 Å². The lowest BCUT2D eigenvalue weighted by Gasteiger charge is -2.04. The number of benzene rings is 1. The topological polar surface area (TPSA) is 26.3 Å². The van der Waals surface area contributed by atoms with E-state index in [4.69, 9.17) is 4.74 Å². The minimum Gasteiger partial charge on any atom is -0.496 e. The Morgan fingerprint density at radius 3 is 2.84 bits per heavy atom. The summed E-state index contributed by atoms with van der Waals surface area (Å²) in [6, 6.07) is 7.52. The standard InChI is InChI=1S/C15H13BrO2S/c1-18-12-6-5-10(7-11(12)16)15(17)14-8-9-3-2-4-13(9)19-14/h5-8H,2-4H2,1H3. The summed E-state index contributed by atoms with van der Waals surface area (Å²) < 4.78 is 5.99. The van der Waals surface area contributed by atoms with Crippen LogP contribution < -0.4 is 4.74 Å². The van der Waals surface area contributed by atoms with Gasteiger partial charge in [-0.15, -0.1) is 11.3 Å². The van der Waals surface area contributed by atoms with Crippen molar-refractivity contribution in [2.24, 2.45) is 0 Å². The van der Waals surface area contributed by atoms with E-state index in [9.17, 15) is 4.79 Å². The SMILES string of the molecule is COc1ccc(C(=O)c2cc3c(s2)CCC3)cc1Br. The molecule has 1 heterocycles. The first-order valence-electron chi connectivity index (χ1n) is 6.19. The highest BCUT2D eigenvalue weighted by molar-refractivity contribution is 9.10. The van der Waals surface area contributed by atoms with Gasteiger partial charge in [0.1, 0.15) is 5.75 Å². The van der Waals surface area contributed by atoms with Crippen molar-refractivity contribution in [3.8, 4) is 5.75 Å². The van der Waals surface area contributed by atoms with Crippen LogP contribution in [0.2, 0.25) is 0 Å². The monoisotopic (exact) mass is 336 g/mol. The molecule has 0 radical (unpaired) electrons. The molecule has 0 fully saturated rings. The molecule has 2 nitrogen and oxygen atoms in total. The van der Waals surface area contributed by atoms with Crippen LogP contribution >= 0.6 is 27.3 Å². The van der Waals surface area contributed by atoms with Crippen molar-refractivity contribution in [3.63, 3.8) is 0 Å². The Balaban J connectivity index is 1.92. The second kappa shape index (κ2) is 5.10. The number of ether oxygens (including phenoxy) is 1. The van der Waals surface area contributed by atoms with Crippen LogP contribution in [-0.4, -0.2) is 12.9 Å². The van der Waals surface area contributed by atoms with E-state index in [2.05, 4.69) is 22.0 Å². The Kier molecular flexibility index (Phi) is 3.46. The van der Waals surface area contributed by atoms with Crippen LogP contribution in [0.15, 0.2) is 28.7 Å². The van der Waals surface area contributed by atoms with Gasteiger partial charge in [0.2, 0.25) is 5.78 Å². The van der Waals surface area contributed by atoms with Crippen LogP contribution in [0.1, 0.15) is 32.1 Å². The predicted octanol–water partition coefficient (Wildman–Crippen LogP) is 4.24. The molecule has 4 heteroatoms. The van der Waals surface area contributed by atoms with Gasteiger partial charge in [0.05, 0.1) is 16.5 Å². The van der Waals surface area contributed by atoms with E-state index in [0.717, 1.165) is 27.9 Å². The van der Waals surface area contributed by atoms with Crippen LogP contribution in [0, 0.1) is 0 Å². The molecular weight excluding hydrogens is 324 g/mol. The van der Waals surface area contributed by atoms with Crippen LogP contribution in [0.25, 0.3) is 0 Å². The summed E-state index contributed by atoms with van der Waals surface area (Å²) in [5.41, 5.74) is 2.06. The summed E-state index contributed by atoms with van der Waals surface area (Å²) in [5, 5.41) is 0. The fraction of sp³-hybridized carbons (Fsp3) is 0.267. The summed E-state index contributed by atoms with van der Waals surface area (Å²) in [5.74, 6) is 0.841.